The Morgan fingerprint density at radius 2 is 1.79 bits per heavy atom. The number of anilines is 1. The molecule has 5 rings (SSSR count). The molecule has 3 aliphatic rings. The Morgan fingerprint density at radius 3 is 2.48 bits per heavy atom. The maximum Gasteiger partial charge on any atom is 0.228 e. The zero-order chi connectivity index (χ0) is 23.3. The molecule has 2 aromatic rings. The van der Waals surface area contributed by atoms with Crippen molar-refractivity contribution < 1.29 is 19.1 Å². The summed E-state index contributed by atoms with van der Waals surface area (Å²) in [4.78, 5) is 42.2. The lowest BCUT2D eigenvalue weighted by molar-refractivity contribution is -0.139. The maximum atomic E-state index is 13.2. The fourth-order valence-corrected chi connectivity index (χ4v) is 5.56. The second-order valence-corrected chi connectivity index (χ2v) is 9.98. The van der Waals surface area contributed by atoms with E-state index in [2.05, 4.69) is 0 Å². The Bertz CT molecular complexity index is 1140. The highest BCUT2D eigenvalue weighted by Crippen LogP contribution is 2.41. The second kappa shape index (κ2) is 8.17. The van der Waals surface area contributed by atoms with Gasteiger partial charge in [0.1, 0.15) is 11.4 Å². The van der Waals surface area contributed by atoms with Gasteiger partial charge >= 0.3 is 0 Å². The first-order chi connectivity index (χ1) is 15.7. The molecule has 6 nitrogen and oxygen atoms in total. The first kappa shape index (κ1) is 22.0. The number of rotatable bonds is 2. The Morgan fingerprint density at radius 1 is 1.09 bits per heavy atom. The largest absolute Gasteiger partial charge is 0.486 e. The first-order valence-corrected chi connectivity index (χ1v) is 11.8. The summed E-state index contributed by atoms with van der Waals surface area (Å²) in [6, 6.07) is 11.0. The highest BCUT2D eigenvalue weighted by Gasteiger charge is 2.46. The highest BCUT2D eigenvalue weighted by molar-refractivity contribution is 6.30. The van der Waals surface area contributed by atoms with Gasteiger partial charge in [-0.1, -0.05) is 17.7 Å². The Hall–Kier alpha value is -2.86. The van der Waals surface area contributed by atoms with Crippen LogP contribution in [0, 0.1) is 19.8 Å². The van der Waals surface area contributed by atoms with Gasteiger partial charge in [-0.15, -0.1) is 0 Å². The third-order valence-electron chi connectivity index (χ3n) is 7.13. The number of Topliss-reactive ketones (excluding diaryl/α,β-unsaturated/α-hetero) is 1. The van der Waals surface area contributed by atoms with Gasteiger partial charge in [0, 0.05) is 49.6 Å². The number of ether oxygens (including phenoxy) is 1. The number of amides is 2. The topological polar surface area (TPSA) is 66.9 Å². The molecule has 0 N–H and O–H groups in total. The molecule has 0 aliphatic carbocycles. The van der Waals surface area contributed by atoms with Gasteiger partial charge in [0.2, 0.25) is 11.8 Å². The molecular weight excluding hydrogens is 440 g/mol. The molecule has 1 atom stereocenters. The van der Waals surface area contributed by atoms with Gasteiger partial charge in [0.15, 0.2) is 5.78 Å². The van der Waals surface area contributed by atoms with Gasteiger partial charge in [-0.3, -0.25) is 14.4 Å². The number of hydrogen-bond donors (Lipinski definition) is 0. The molecule has 172 valence electrons. The zero-order valence-electron chi connectivity index (χ0n) is 18.9. The van der Waals surface area contributed by atoms with Gasteiger partial charge in [-0.2, -0.15) is 0 Å². The van der Waals surface area contributed by atoms with E-state index < -0.39 is 5.60 Å². The van der Waals surface area contributed by atoms with E-state index in [0.29, 0.717) is 55.2 Å². The van der Waals surface area contributed by atoms with Crippen molar-refractivity contribution in [3.63, 3.8) is 0 Å². The van der Waals surface area contributed by atoms with E-state index in [0.717, 1.165) is 16.8 Å². The number of benzene rings is 2. The molecule has 0 aromatic heterocycles. The predicted octanol–water partition coefficient (Wildman–Crippen LogP) is 4.34. The van der Waals surface area contributed by atoms with Crippen molar-refractivity contribution in [3.8, 4) is 5.75 Å². The van der Waals surface area contributed by atoms with Gasteiger partial charge < -0.3 is 14.5 Å². The second-order valence-electron chi connectivity index (χ2n) is 9.55. The number of ketones is 1. The first-order valence-electron chi connectivity index (χ1n) is 11.4. The van der Waals surface area contributed by atoms with Crippen LogP contribution < -0.4 is 9.64 Å². The lowest BCUT2D eigenvalue weighted by atomic mass is 9.81. The average molecular weight is 467 g/mol. The lowest BCUT2D eigenvalue weighted by Gasteiger charge is -2.44. The normalized spacial score (nSPS) is 21.8. The number of aryl methyl sites for hydroxylation is 2. The van der Waals surface area contributed by atoms with Gasteiger partial charge in [0.25, 0.3) is 0 Å². The van der Waals surface area contributed by atoms with Gasteiger partial charge in [0.05, 0.1) is 17.9 Å². The number of nitrogens with zero attached hydrogens (tertiary/aromatic N) is 2. The highest BCUT2D eigenvalue weighted by atomic mass is 35.5. The lowest BCUT2D eigenvalue weighted by Crippen LogP contribution is -2.53. The third-order valence-corrected chi connectivity index (χ3v) is 7.38. The van der Waals surface area contributed by atoms with E-state index in [1.165, 1.54) is 0 Å². The van der Waals surface area contributed by atoms with Crippen molar-refractivity contribution in [3.05, 3.63) is 58.1 Å². The molecule has 0 bridgehead atoms. The number of carbonyl (C=O) groups is 3. The summed E-state index contributed by atoms with van der Waals surface area (Å²) in [7, 11) is 0. The summed E-state index contributed by atoms with van der Waals surface area (Å²) in [5.41, 5.74) is 2.92. The summed E-state index contributed by atoms with van der Waals surface area (Å²) in [5, 5.41) is 0.608. The summed E-state index contributed by atoms with van der Waals surface area (Å²) >= 11 is 5.95. The van der Waals surface area contributed by atoms with Crippen molar-refractivity contribution in [2.24, 2.45) is 5.92 Å². The third kappa shape index (κ3) is 4.01. The number of halogens is 1. The van der Waals surface area contributed by atoms with Crippen LogP contribution in [0.3, 0.4) is 0 Å². The van der Waals surface area contributed by atoms with Crippen LogP contribution in [0.5, 0.6) is 5.75 Å². The van der Waals surface area contributed by atoms with Gasteiger partial charge in [-0.25, -0.2) is 0 Å². The predicted molar refractivity (Wildman–Crippen MR) is 126 cm³/mol. The molecule has 2 amide bonds. The summed E-state index contributed by atoms with van der Waals surface area (Å²) in [5.74, 6) is 0.385. The van der Waals surface area contributed by atoms with E-state index in [4.69, 9.17) is 16.3 Å². The van der Waals surface area contributed by atoms with Crippen LogP contribution in [0.4, 0.5) is 5.69 Å². The van der Waals surface area contributed by atoms with E-state index >= 15 is 0 Å². The fraction of sp³-hybridized carbons (Fsp3) is 0.423. The molecule has 1 spiro atoms. The fourth-order valence-electron chi connectivity index (χ4n) is 5.43. The smallest absolute Gasteiger partial charge is 0.228 e. The maximum absolute atomic E-state index is 13.2. The van der Waals surface area contributed by atoms with E-state index in [-0.39, 0.29) is 29.9 Å². The van der Waals surface area contributed by atoms with Crippen molar-refractivity contribution in [1.82, 2.24) is 4.90 Å². The molecule has 2 aromatic carbocycles. The van der Waals surface area contributed by atoms with E-state index in [1.807, 2.05) is 30.9 Å². The minimum atomic E-state index is -0.554. The average Bonchev–Trinajstić information content (AvgIpc) is 3.15. The van der Waals surface area contributed by atoms with Crippen molar-refractivity contribution in [1.29, 1.82) is 0 Å². The molecule has 1 unspecified atom stereocenters. The monoisotopic (exact) mass is 466 g/mol. The van der Waals surface area contributed by atoms with Crippen LogP contribution in [-0.4, -0.2) is 47.7 Å². The number of piperidine rings is 1. The number of carbonyl (C=O) groups excluding carboxylic acids is 3. The van der Waals surface area contributed by atoms with Crippen LogP contribution in [0.15, 0.2) is 36.4 Å². The number of hydrogen-bond acceptors (Lipinski definition) is 4. The molecule has 2 fully saturated rings. The SMILES string of the molecule is Cc1cc(C)c2c(c1)OC1(CCN(C(=O)C3CC(=O)N(c4ccc(Cl)cc4)C3)CC1)CC2=O. The minimum absolute atomic E-state index is 0.00360. The zero-order valence-corrected chi connectivity index (χ0v) is 19.7. The van der Waals surface area contributed by atoms with E-state index in [1.54, 1.807) is 29.2 Å². The van der Waals surface area contributed by atoms with Crippen molar-refractivity contribution >= 4 is 34.9 Å². The number of fused-ring (bicyclic) bond motifs is 1. The van der Waals surface area contributed by atoms with Crippen LogP contribution in [0.1, 0.15) is 47.2 Å². The van der Waals surface area contributed by atoms with Crippen LogP contribution in [-0.2, 0) is 9.59 Å². The van der Waals surface area contributed by atoms with Crippen LogP contribution in [0.2, 0.25) is 5.02 Å². The standard InChI is InChI=1S/C26H27ClN2O4/c1-16-11-17(2)24-21(30)14-26(33-22(24)12-16)7-9-28(10-8-26)25(32)18-13-23(31)29(15-18)20-5-3-19(27)4-6-20/h3-6,11-12,18H,7-10,13-15H2,1-2H3. The summed E-state index contributed by atoms with van der Waals surface area (Å²) in [6.07, 6.45) is 1.78. The summed E-state index contributed by atoms with van der Waals surface area (Å²) in [6.45, 7) is 5.38. The Kier molecular flexibility index (Phi) is 5.44. The quantitative estimate of drug-likeness (QED) is 0.660. The van der Waals surface area contributed by atoms with Crippen molar-refractivity contribution in [2.45, 2.75) is 45.1 Å². The molecule has 0 saturated carbocycles. The van der Waals surface area contributed by atoms with Gasteiger partial charge in [-0.05, 0) is 55.3 Å². The van der Waals surface area contributed by atoms with Crippen LogP contribution in [0.25, 0.3) is 0 Å². The molecule has 3 aliphatic heterocycles. The van der Waals surface area contributed by atoms with E-state index in [9.17, 15) is 14.4 Å². The molecule has 3 heterocycles. The Balaban J connectivity index is 1.25. The molecule has 2 saturated heterocycles. The molecular formula is C26H27ClN2O4. The minimum Gasteiger partial charge on any atom is -0.486 e. The number of likely N-dealkylation sites (tertiary alicyclic amines) is 1. The van der Waals surface area contributed by atoms with Crippen molar-refractivity contribution in [2.75, 3.05) is 24.5 Å². The van der Waals surface area contributed by atoms with Crippen LogP contribution >= 0.6 is 11.6 Å². The summed E-state index contributed by atoms with van der Waals surface area (Å²) < 4.78 is 6.42. The molecule has 33 heavy (non-hydrogen) atoms. The Labute approximate surface area is 198 Å². The molecule has 0 radical (unpaired) electrons. The molecule has 7 heteroatoms.